The molecule has 9 heteroatoms. The van der Waals surface area contributed by atoms with E-state index in [1.165, 1.54) is 33.5 Å². The topological polar surface area (TPSA) is 109 Å². The van der Waals surface area contributed by atoms with Crippen molar-refractivity contribution < 1.29 is 24.1 Å². The summed E-state index contributed by atoms with van der Waals surface area (Å²) in [5.74, 6) is -0.608. The summed E-state index contributed by atoms with van der Waals surface area (Å²) in [6.45, 7) is -0.433. The number of hydrogen-bond donors (Lipinski definition) is 1. The third kappa shape index (κ3) is 3.11. The van der Waals surface area contributed by atoms with E-state index in [-0.39, 0.29) is 29.8 Å². The monoisotopic (exact) mass is 338 g/mol. The van der Waals surface area contributed by atoms with Crippen LogP contribution in [0.3, 0.4) is 0 Å². The second kappa shape index (κ2) is 7.18. The summed E-state index contributed by atoms with van der Waals surface area (Å²) in [7, 11) is 4.26. The van der Waals surface area contributed by atoms with Gasteiger partial charge in [0.15, 0.2) is 11.5 Å². The first-order valence-corrected chi connectivity index (χ1v) is 7.04. The van der Waals surface area contributed by atoms with Crippen LogP contribution in [-0.2, 0) is 22.6 Å². The largest absolute Gasteiger partial charge is 0.493 e. The molecule has 0 fully saturated rings. The number of carboxylic acid groups (broad SMARTS) is 1. The first kappa shape index (κ1) is 17.5. The van der Waals surface area contributed by atoms with Crippen LogP contribution >= 0.6 is 0 Å². The minimum absolute atomic E-state index is 0.0120. The Morgan fingerprint density at radius 3 is 2.25 bits per heavy atom. The van der Waals surface area contributed by atoms with Crippen LogP contribution in [0, 0.1) is 0 Å². The Morgan fingerprint density at radius 1 is 1.08 bits per heavy atom. The smallest absolute Gasteiger partial charge is 0.332 e. The summed E-state index contributed by atoms with van der Waals surface area (Å²) in [5.41, 5.74) is -1.10. The Morgan fingerprint density at radius 2 is 1.71 bits per heavy atom. The van der Waals surface area contributed by atoms with Gasteiger partial charge < -0.3 is 19.3 Å². The molecule has 0 atom stereocenters. The Labute approximate surface area is 136 Å². The van der Waals surface area contributed by atoms with Gasteiger partial charge >= 0.3 is 11.7 Å². The van der Waals surface area contributed by atoms with Crippen molar-refractivity contribution >= 4 is 16.9 Å². The zero-order chi connectivity index (χ0) is 17.9. The van der Waals surface area contributed by atoms with Crippen molar-refractivity contribution in [2.45, 2.75) is 13.1 Å². The highest BCUT2D eigenvalue weighted by atomic mass is 16.5. The van der Waals surface area contributed by atoms with Crippen molar-refractivity contribution in [1.82, 2.24) is 9.13 Å². The molecule has 0 bridgehead atoms. The molecule has 2 rings (SSSR count). The SMILES string of the molecule is COCCn1c(=O)c2cc(OC)c(OC)cc2n(CC(=O)O)c1=O. The molecule has 0 aliphatic heterocycles. The van der Waals surface area contributed by atoms with Gasteiger partial charge in [0, 0.05) is 13.2 Å². The molecule has 0 radical (unpaired) electrons. The highest BCUT2D eigenvalue weighted by Crippen LogP contribution is 2.30. The molecule has 0 saturated heterocycles. The molecule has 24 heavy (non-hydrogen) atoms. The molecule has 1 aromatic heterocycles. The number of aliphatic carboxylic acids is 1. The van der Waals surface area contributed by atoms with Gasteiger partial charge in [0.25, 0.3) is 5.56 Å². The van der Waals surface area contributed by atoms with Crippen molar-refractivity contribution in [2.75, 3.05) is 27.9 Å². The number of rotatable bonds is 7. The predicted molar refractivity (Wildman–Crippen MR) is 85.1 cm³/mol. The number of nitrogens with zero attached hydrogens (tertiary/aromatic N) is 2. The van der Waals surface area contributed by atoms with Gasteiger partial charge in [-0.3, -0.25) is 18.7 Å². The standard InChI is InChI=1S/C15H18N2O7/c1-22-5-4-16-14(20)9-6-11(23-2)12(24-3)7-10(9)17(15(16)21)8-13(18)19/h6-7H,4-5,8H2,1-3H3,(H,18,19). The zero-order valence-corrected chi connectivity index (χ0v) is 13.6. The minimum Gasteiger partial charge on any atom is -0.493 e. The van der Waals surface area contributed by atoms with Gasteiger partial charge in [0.2, 0.25) is 0 Å². The maximum absolute atomic E-state index is 12.6. The minimum atomic E-state index is -1.20. The molecule has 0 aliphatic rings. The van der Waals surface area contributed by atoms with Crippen LogP contribution in [0.4, 0.5) is 0 Å². The van der Waals surface area contributed by atoms with Gasteiger partial charge in [-0.15, -0.1) is 0 Å². The molecular weight excluding hydrogens is 320 g/mol. The van der Waals surface area contributed by atoms with Crippen LogP contribution in [0.2, 0.25) is 0 Å². The number of fused-ring (bicyclic) bond motifs is 1. The molecule has 0 amide bonds. The fourth-order valence-electron chi connectivity index (χ4n) is 2.41. The zero-order valence-electron chi connectivity index (χ0n) is 13.6. The molecule has 0 aliphatic carbocycles. The average Bonchev–Trinajstić information content (AvgIpc) is 2.57. The van der Waals surface area contributed by atoms with Crippen molar-refractivity contribution in [2.24, 2.45) is 0 Å². The number of benzene rings is 1. The summed E-state index contributed by atoms with van der Waals surface area (Å²) in [6, 6.07) is 2.85. The number of carboxylic acids is 1. The second-order valence-corrected chi connectivity index (χ2v) is 4.94. The van der Waals surface area contributed by atoms with Gasteiger partial charge in [-0.25, -0.2) is 4.79 Å². The summed E-state index contributed by atoms with van der Waals surface area (Å²) < 4.78 is 17.2. The number of carbonyl (C=O) groups is 1. The number of methoxy groups -OCH3 is 3. The van der Waals surface area contributed by atoms with Gasteiger partial charge in [0.1, 0.15) is 6.54 Å². The number of aromatic nitrogens is 2. The molecule has 2 aromatic rings. The first-order valence-electron chi connectivity index (χ1n) is 7.04. The normalized spacial score (nSPS) is 10.8. The average molecular weight is 338 g/mol. The molecule has 0 saturated carbocycles. The van der Waals surface area contributed by atoms with Gasteiger partial charge in [-0.1, -0.05) is 0 Å². The van der Waals surface area contributed by atoms with E-state index in [1.54, 1.807) is 0 Å². The molecule has 1 N–H and O–H groups in total. The maximum atomic E-state index is 12.6. The summed E-state index contributed by atoms with van der Waals surface area (Å²) in [6.07, 6.45) is 0. The van der Waals surface area contributed by atoms with Crippen LogP contribution in [-0.4, -0.2) is 48.1 Å². The number of hydrogen-bond acceptors (Lipinski definition) is 6. The second-order valence-electron chi connectivity index (χ2n) is 4.94. The molecule has 1 heterocycles. The maximum Gasteiger partial charge on any atom is 0.332 e. The summed E-state index contributed by atoms with van der Waals surface area (Å²) >= 11 is 0. The van der Waals surface area contributed by atoms with E-state index in [0.717, 1.165) is 9.13 Å². The van der Waals surface area contributed by atoms with Crippen LogP contribution in [0.1, 0.15) is 0 Å². The third-order valence-electron chi connectivity index (χ3n) is 3.54. The van der Waals surface area contributed by atoms with E-state index in [1.807, 2.05) is 0 Å². The lowest BCUT2D eigenvalue weighted by atomic mass is 10.2. The van der Waals surface area contributed by atoms with Crippen molar-refractivity contribution in [1.29, 1.82) is 0 Å². The third-order valence-corrected chi connectivity index (χ3v) is 3.54. The lowest BCUT2D eigenvalue weighted by Gasteiger charge is -2.15. The molecule has 0 unspecified atom stereocenters. The van der Waals surface area contributed by atoms with E-state index in [4.69, 9.17) is 19.3 Å². The Kier molecular flexibility index (Phi) is 5.24. The van der Waals surface area contributed by atoms with Crippen molar-refractivity contribution in [3.63, 3.8) is 0 Å². The van der Waals surface area contributed by atoms with Crippen LogP contribution in [0.5, 0.6) is 11.5 Å². The van der Waals surface area contributed by atoms with Gasteiger partial charge in [-0.2, -0.15) is 0 Å². The van der Waals surface area contributed by atoms with Gasteiger partial charge in [0.05, 0.1) is 38.3 Å². The fraction of sp³-hybridized carbons (Fsp3) is 0.400. The Balaban J connectivity index is 2.89. The first-order chi connectivity index (χ1) is 11.4. The lowest BCUT2D eigenvalue weighted by molar-refractivity contribution is -0.137. The fourth-order valence-corrected chi connectivity index (χ4v) is 2.41. The Bertz CT molecular complexity index is 882. The molecule has 0 spiro atoms. The quantitative estimate of drug-likeness (QED) is 0.751. The molecule has 9 nitrogen and oxygen atoms in total. The Hall–Kier alpha value is -2.81. The number of ether oxygens (including phenoxy) is 3. The van der Waals surface area contributed by atoms with Crippen molar-refractivity contribution in [3.05, 3.63) is 33.0 Å². The van der Waals surface area contributed by atoms with E-state index in [2.05, 4.69) is 0 Å². The molecule has 130 valence electrons. The highest BCUT2D eigenvalue weighted by molar-refractivity contribution is 5.83. The van der Waals surface area contributed by atoms with Crippen LogP contribution < -0.4 is 20.7 Å². The lowest BCUT2D eigenvalue weighted by Crippen LogP contribution is -2.41. The van der Waals surface area contributed by atoms with Crippen LogP contribution in [0.15, 0.2) is 21.7 Å². The van der Waals surface area contributed by atoms with E-state index in [9.17, 15) is 14.4 Å². The predicted octanol–water partition coefficient (Wildman–Crippen LogP) is -0.0886. The van der Waals surface area contributed by atoms with E-state index in [0.29, 0.717) is 5.75 Å². The molecular formula is C15H18N2O7. The van der Waals surface area contributed by atoms with Gasteiger partial charge in [-0.05, 0) is 6.07 Å². The van der Waals surface area contributed by atoms with E-state index < -0.39 is 23.8 Å². The molecule has 1 aromatic carbocycles. The van der Waals surface area contributed by atoms with E-state index >= 15 is 0 Å². The van der Waals surface area contributed by atoms with Crippen molar-refractivity contribution in [3.8, 4) is 11.5 Å². The highest BCUT2D eigenvalue weighted by Gasteiger charge is 2.18. The van der Waals surface area contributed by atoms with Crippen LogP contribution in [0.25, 0.3) is 10.9 Å². The summed E-state index contributed by atoms with van der Waals surface area (Å²) in [5, 5.41) is 9.24. The summed E-state index contributed by atoms with van der Waals surface area (Å²) in [4.78, 5) is 36.3.